The summed E-state index contributed by atoms with van der Waals surface area (Å²) in [5, 5.41) is 11.4. The zero-order chi connectivity index (χ0) is 20.1. The van der Waals surface area contributed by atoms with Crippen molar-refractivity contribution in [3.8, 4) is 5.75 Å². The van der Waals surface area contributed by atoms with Crippen LogP contribution in [-0.2, 0) is 6.61 Å². The molecule has 0 bridgehead atoms. The van der Waals surface area contributed by atoms with E-state index in [1.807, 2.05) is 31.2 Å². The third-order valence-corrected chi connectivity index (χ3v) is 4.51. The Hall–Kier alpha value is -2.89. The number of aliphatic imine (C=N–C) groups is 1. The van der Waals surface area contributed by atoms with Gasteiger partial charge < -0.3 is 4.74 Å². The van der Waals surface area contributed by atoms with E-state index in [2.05, 4.69) is 4.99 Å². The molecule has 0 heterocycles. The van der Waals surface area contributed by atoms with Gasteiger partial charge in [0.05, 0.1) is 20.7 Å². The number of benzene rings is 3. The monoisotopic (exact) mass is 414 g/mol. The SMILES string of the molecule is Cc1ccc(COc2c(Cl)cc(C=Nc3ccc([N+](=O)[O-])cc3)cc2Cl)cc1. The summed E-state index contributed by atoms with van der Waals surface area (Å²) in [7, 11) is 0. The lowest BCUT2D eigenvalue weighted by Crippen LogP contribution is -1.97. The molecule has 0 aliphatic rings. The molecule has 0 fully saturated rings. The van der Waals surface area contributed by atoms with Gasteiger partial charge in [0.1, 0.15) is 6.61 Å². The van der Waals surface area contributed by atoms with Crippen LogP contribution >= 0.6 is 23.2 Å². The number of aryl methyl sites for hydroxylation is 1. The fourth-order valence-corrected chi connectivity index (χ4v) is 3.05. The fraction of sp³-hybridized carbons (Fsp3) is 0.0952. The highest BCUT2D eigenvalue weighted by molar-refractivity contribution is 6.37. The Balaban J connectivity index is 1.71. The van der Waals surface area contributed by atoms with Gasteiger partial charge >= 0.3 is 0 Å². The number of hydrogen-bond acceptors (Lipinski definition) is 4. The summed E-state index contributed by atoms with van der Waals surface area (Å²) in [4.78, 5) is 14.5. The molecule has 7 heteroatoms. The molecule has 0 aromatic heterocycles. The number of halogens is 2. The van der Waals surface area contributed by atoms with Gasteiger partial charge in [-0.15, -0.1) is 0 Å². The van der Waals surface area contributed by atoms with Crippen molar-refractivity contribution in [2.45, 2.75) is 13.5 Å². The number of non-ortho nitro benzene ring substituents is 1. The van der Waals surface area contributed by atoms with E-state index in [4.69, 9.17) is 27.9 Å². The second-order valence-electron chi connectivity index (χ2n) is 6.12. The van der Waals surface area contributed by atoms with E-state index in [1.54, 1.807) is 30.5 Å². The summed E-state index contributed by atoms with van der Waals surface area (Å²) in [6, 6.07) is 17.3. The molecule has 142 valence electrons. The summed E-state index contributed by atoms with van der Waals surface area (Å²) in [5.41, 5.74) is 3.48. The molecule has 3 rings (SSSR count). The molecule has 0 saturated heterocycles. The van der Waals surface area contributed by atoms with Gasteiger partial charge in [-0.1, -0.05) is 53.0 Å². The van der Waals surface area contributed by atoms with E-state index in [0.29, 0.717) is 33.7 Å². The number of nitro benzene ring substituents is 1. The van der Waals surface area contributed by atoms with Gasteiger partial charge in [0.15, 0.2) is 5.75 Å². The zero-order valence-corrected chi connectivity index (χ0v) is 16.4. The Morgan fingerprint density at radius 2 is 1.64 bits per heavy atom. The molecule has 0 spiro atoms. The van der Waals surface area contributed by atoms with E-state index >= 15 is 0 Å². The van der Waals surface area contributed by atoms with Crippen molar-refractivity contribution < 1.29 is 9.66 Å². The van der Waals surface area contributed by atoms with Crippen molar-refractivity contribution in [2.75, 3.05) is 0 Å². The minimum atomic E-state index is -0.456. The maximum Gasteiger partial charge on any atom is 0.269 e. The Morgan fingerprint density at radius 3 is 2.21 bits per heavy atom. The van der Waals surface area contributed by atoms with Crippen LogP contribution in [0.15, 0.2) is 65.7 Å². The van der Waals surface area contributed by atoms with Crippen LogP contribution < -0.4 is 4.74 Å². The Kier molecular flexibility index (Phi) is 6.29. The first-order chi connectivity index (χ1) is 13.4. The molecule has 3 aromatic rings. The maximum atomic E-state index is 10.7. The maximum absolute atomic E-state index is 10.7. The molecule has 0 N–H and O–H groups in total. The van der Waals surface area contributed by atoms with Gasteiger partial charge in [0.25, 0.3) is 5.69 Å². The summed E-state index contributed by atoms with van der Waals surface area (Å²) in [6.45, 7) is 2.38. The Labute approximate surface area is 172 Å². The van der Waals surface area contributed by atoms with Gasteiger partial charge in [-0.25, -0.2) is 0 Å². The number of ether oxygens (including phenoxy) is 1. The van der Waals surface area contributed by atoms with Crippen LogP contribution in [-0.4, -0.2) is 11.1 Å². The van der Waals surface area contributed by atoms with Crippen molar-refractivity contribution in [2.24, 2.45) is 4.99 Å². The van der Waals surface area contributed by atoms with Crippen LogP contribution in [0.2, 0.25) is 10.0 Å². The van der Waals surface area contributed by atoms with Crippen LogP contribution in [0.4, 0.5) is 11.4 Å². The smallest absolute Gasteiger partial charge is 0.269 e. The molecule has 0 aliphatic carbocycles. The molecule has 0 unspecified atom stereocenters. The van der Waals surface area contributed by atoms with Crippen LogP contribution in [0.3, 0.4) is 0 Å². The number of hydrogen-bond donors (Lipinski definition) is 0. The van der Waals surface area contributed by atoms with Gasteiger partial charge in [-0.05, 0) is 42.3 Å². The van der Waals surface area contributed by atoms with Crippen molar-refractivity contribution in [1.29, 1.82) is 0 Å². The summed E-state index contributed by atoms with van der Waals surface area (Å²) in [5.74, 6) is 0.413. The van der Waals surface area contributed by atoms with Crippen LogP contribution in [0.5, 0.6) is 5.75 Å². The minimum absolute atomic E-state index is 0.0140. The third kappa shape index (κ3) is 5.09. The molecule has 0 saturated carbocycles. The first-order valence-electron chi connectivity index (χ1n) is 8.38. The first kappa shape index (κ1) is 19.9. The Morgan fingerprint density at radius 1 is 1.04 bits per heavy atom. The molecular formula is C21H16Cl2N2O3. The normalized spacial score (nSPS) is 11.0. The summed E-state index contributed by atoms with van der Waals surface area (Å²) >= 11 is 12.6. The summed E-state index contributed by atoms with van der Waals surface area (Å²) in [6.07, 6.45) is 1.59. The lowest BCUT2D eigenvalue weighted by atomic mass is 10.2. The van der Waals surface area contributed by atoms with Crippen LogP contribution in [0, 0.1) is 17.0 Å². The first-order valence-corrected chi connectivity index (χ1v) is 9.14. The van der Waals surface area contributed by atoms with Crippen LogP contribution in [0.25, 0.3) is 0 Å². The summed E-state index contributed by atoms with van der Waals surface area (Å²) < 4.78 is 5.77. The second kappa shape index (κ2) is 8.87. The van der Waals surface area contributed by atoms with E-state index in [1.165, 1.54) is 17.7 Å². The molecule has 0 aliphatic heterocycles. The molecule has 28 heavy (non-hydrogen) atoms. The van der Waals surface area contributed by atoms with E-state index < -0.39 is 4.92 Å². The number of nitrogens with zero attached hydrogens (tertiary/aromatic N) is 2. The predicted molar refractivity (Wildman–Crippen MR) is 112 cm³/mol. The Bertz CT molecular complexity index is 994. The molecule has 0 atom stereocenters. The van der Waals surface area contributed by atoms with E-state index in [0.717, 1.165) is 5.56 Å². The van der Waals surface area contributed by atoms with E-state index in [9.17, 15) is 10.1 Å². The highest BCUT2D eigenvalue weighted by Crippen LogP contribution is 2.34. The predicted octanol–water partition coefficient (Wildman–Crippen LogP) is 6.54. The highest BCUT2D eigenvalue weighted by Gasteiger charge is 2.10. The van der Waals surface area contributed by atoms with Crippen molar-refractivity contribution in [3.05, 3.63) is 97.5 Å². The minimum Gasteiger partial charge on any atom is -0.486 e. The standard InChI is InChI=1S/C21H16Cl2N2O3/c1-14-2-4-15(5-3-14)13-28-21-19(22)10-16(11-20(21)23)12-24-17-6-8-18(9-7-17)25(26)27/h2-12H,13H2,1H3. The molecular weight excluding hydrogens is 399 g/mol. The van der Waals surface area contributed by atoms with Crippen molar-refractivity contribution in [1.82, 2.24) is 0 Å². The lowest BCUT2D eigenvalue weighted by molar-refractivity contribution is -0.384. The van der Waals surface area contributed by atoms with Crippen LogP contribution in [0.1, 0.15) is 16.7 Å². The average Bonchev–Trinajstić information content (AvgIpc) is 2.67. The number of nitro groups is 1. The molecule has 5 nitrogen and oxygen atoms in total. The van der Waals surface area contributed by atoms with Crippen molar-refractivity contribution >= 4 is 40.8 Å². The molecule has 0 amide bonds. The zero-order valence-electron chi connectivity index (χ0n) is 14.9. The largest absolute Gasteiger partial charge is 0.486 e. The van der Waals surface area contributed by atoms with E-state index in [-0.39, 0.29) is 5.69 Å². The number of rotatable bonds is 6. The fourth-order valence-electron chi connectivity index (χ4n) is 2.44. The van der Waals surface area contributed by atoms with Crippen molar-refractivity contribution in [3.63, 3.8) is 0 Å². The molecule has 0 radical (unpaired) electrons. The second-order valence-corrected chi connectivity index (χ2v) is 6.93. The topological polar surface area (TPSA) is 64.7 Å². The van der Waals surface area contributed by atoms with Gasteiger partial charge in [0, 0.05) is 18.3 Å². The molecule has 3 aromatic carbocycles. The average molecular weight is 415 g/mol. The van der Waals surface area contributed by atoms with Gasteiger partial charge in [-0.3, -0.25) is 15.1 Å². The highest BCUT2D eigenvalue weighted by atomic mass is 35.5. The van der Waals surface area contributed by atoms with Gasteiger partial charge in [0.2, 0.25) is 0 Å². The van der Waals surface area contributed by atoms with Gasteiger partial charge in [-0.2, -0.15) is 0 Å². The third-order valence-electron chi connectivity index (χ3n) is 3.95. The quantitative estimate of drug-likeness (QED) is 0.261. The lowest BCUT2D eigenvalue weighted by Gasteiger charge is -2.11.